The van der Waals surface area contributed by atoms with Crippen LogP contribution >= 0.6 is 0 Å². The van der Waals surface area contributed by atoms with E-state index in [4.69, 9.17) is 0 Å². The fraction of sp³-hybridized carbons (Fsp3) is 0.850. The quantitative estimate of drug-likeness (QED) is 0.741. The number of aliphatic hydroxyl groups is 1. The van der Waals surface area contributed by atoms with Gasteiger partial charge in [-0.1, -0.05) is 39.8 Å². The summed E-state index contributed by atoms with van der Waals surface area (Å²) < 4.78 is 27.1. The Morgan fingerprint density at radius 3 is 2.58 bits per heavy atom. The molecule has 148 valence electrons. The second-order valence-corrected chi connectivity index (χ2v) is 11.2. The molecule has 6 atom stereocenters. The van der Waals surface area contributed by atoms with Crippen LogP contribution in [0.15, 0.2) is 12.2 Å². The zero-order chi connectivity index (χ0) is 19.5. The Kier molecular flexibility index (Phi) is 4.84. The summed E-state index contributed by atoms with van der Waals surface area (Å²) in [6.45, 7) is 9.82. The molecule has 0 aromatic carbocycles. The summed E-state index contributed by atoms with van der Waals surface area (Å²) in [7, 11) is -3.62. The van der Waals surface area contributed by atoms with Crippen LogP contribution in [-0.2, 0) is 14.8 Å². The minimum absolute atomic E-state index is 0.0547. The van der Waals surface area contributed by atoms with Crippen molar-refractivity contribution in [3.05, 3.63) is 12.2 Å². The number of amides is 1. The van der Waals surface area contributed by atoms with Crippen LogP contribution in [0.2, 0.25) is 0 Å². The lowest BCUT2D eigenvalue weighted by atomic mass is 9.69. The summed E-state index contributed by atoms with van der Waals surface area (Å²) in [4.78, 5) is 13.2. The molecule has 3 rings (SSSR count). The molecule has 1 spiro atoms. The molecular formula is C20H33NO4S. The first-order valence-electron chi connectivity index (χ1n) is 9.85. The van der Waals surface area contributed by atoms with Gasteiger partial charge in [-0.05, 0) is 49.9 Å². The van der Waals surface area contributed by atoms with Crippen LogP contribution < -0.4 is 0 Å². The van der Waals surface area contributed by atoms with E-state index >= 15 is 0 Å². The van der Waals surface area contributed by atoms with E-state index in [9.17, 15) is 18.3 Å². The van der Waals surface area contributed by atoms with Crippen molar-refractivity contribution in [3.63, 3.8) is 0 Å². The minimum Gasteiger partial charge on any atom is -0.392 e. The zero-order valence-electron chi connectivity index (χ0n) is 16.6. The minimum atomic E-state index is -3.62. The van der Waals surface area contributed by atoms with Crippen LogP contribution in [0.5, 0.6) is 0 Å². The van der Waals surface area contributed by atoms with Crippen molar-refractivity contribution >= 4 is 15.9 Å². The molecule has 6 heteroatoms. The predicted molar refractivity (Wildman–Crippen MR) is 102 cm³/mol. The Morgan fingerprint density at radius 1 is 1.35 bits per heavy atom. The molecule has 1 heterocycles. The van der Waals surface area contributed by atoms with Crippen LogP contribution in [-0.4, -0.2) is 41.6 Å². The molecule has 1 saturated heterocycles. The molecule has 1 aliphatic heterocycles. The highest BCUT2D eigenvalue weighted by molar-refractivity contribution is 7.90. The summed E-state index contributed by atoms with van der Waals surface area (Å²) >= 11 is 0. The first kappa shape index (κ1) is 19.9. The number of rotatable bonds is 5. The maximum absolute atomic E-state index is 13.2. The normalized spacial score (nSPS) is 37.7. The lowest BCUT2D eigenvalue weighted by Gasteiger charge is -2.37. The van der Waals surface area contributed by atoms with Crippen LogP contribution in [0, 0.1) is 28.6 Å². The molecule has 26 heavy (non-hydrogen) atoms. The van der Waals surface area contributed by atoms with Gasteiger partial charge in [0.1, 0.15) is 0 Å². The number of carbonyl (C=O) groups excluding carboxylic acids is 1. The molecule has 2 bridgehead atoms. The first-order valence-corrected chi connectivity index (χ1v) is 11.5. The van der Waals surface area contributed by atoms with E-state index in [1.54, 1.807) is 6.92 Å². The summed E-state index contributed by atoms with van der Waals surface area (Å²) in [6.07, 6.45) is 6.41. The third-order valence-electron chi connectivity index (χ3n) is 7.86. The van der Waals surface area contributed by atoms with Gasteiger partial charge in [-0.25, -0.2) is 12.7 Å². The van der Waals surface area contributed by atoms with Crippen molar-refractivity contribution < 1.29 is 18.3 Å². The number of hydrogen-bond donors (Lipinski definition) is 1. The molecular weight excluding hydrogens is 350 g/mol. The molecule has 0 radical (unpaired) electrons. The largest absolute Gasteiger partial charge is 0.392 e. The molecule has 0 aromatic rings. The second-order valence-electron chi connectivity index (χ2n) is 9.32. The third-order valence-corrected chi connectivity index (χ3v) is 9.77. The number of sulfonamides is 1. The average molecular weight is 384 g/mol. The van der Waals surface area contributed by atoms with Crippen molar-refractivity contribution in [2.24, 2.45) is 28.6 Å². The smallest absolute Gasteiger partial charge is 0.241 e. The Labute approximate surface area is 157 Å². The molecule has 5 nitrogen and oxygen atoms in total. The number of hydrogen-bond acceptors (Lipinski definition) is 4. The molecule has 2 aliphatic carbocycles. The van der Waals surface area contributed by atoms with Crippen molar-refractivity contribution in [1.29, 1.82) is 0 Å². The fourth-order valence-corrected chi connectivity index (χ4v) is 8.52. The van der Waals surface area contributed by atoms with Crippen molar-refractivity contribution in [2.45, 2.75) is 72.4 Å². The second kappa shape index (κ2) is 6.33. The number of allylic oxidation sites excluding steroid dienone is 2. The Balaban J connectivity index is 1.86. The van der Waals surface area contributed by atoms with Crippen molar-refractivity contribution in [1.82, 2.24) is 4.31 Å². The molecule has 1 amide bonds. The fourth-order valence-electron chi connectivity index (χ4n) is 5.91. The van der Waals surface area contributed by atoms with E-state index in [0.717, 1.165) is 19.3 Å². The van der Waals surface area contributed by atoms with E-state index in [1.807, 2.05) is 26.0 Å². The van der Waals surface area contributed by atoms with E-state index in [2.05, 4.69) is 13.8 Å². The maximum atomic E-state index is 13.2. The van der Waals surface area contributed by atoms with Gasteiger partial charge in [-0.15, -0.1) is 0 Å². The summed E-state index contributed by atoms with van der Waals surface area (Å²) in [5.74, 6) is -0.679. The van der Waals surface area contributed by atoms with Crippen LogP contribution in [0.3, 0.4) is 0 Å². The molecule has 3 aliphatic rings. The van der Waals surface area contributed by atoms with Gasteiger partial charge >= 0.3 is 0 Å². The van der Waals surface area contributed by atoms with Gasteiger partial charge in [-0.2, -0.15) is 0 Å². The van der Waals surface area contributed by atoms with E-state index in [-0.39, 0.29) is 28.5 Å². The molecule has 0 aromatic heterocycles. The van der Waals surface area contributed by atoms with Crippen molar-refractivity contribution in [2.75, 3.05) is 5.75 Å². The predicted octanol–water partition coefficient (Wildman–Crippen LogP) is 2.95. The Bertz CT molecular complexity index is 713. The van der Waals surface area contributed by atoms with Gasteiger partial charge in [-0.3, -0.25) is 4.79 Å². The maximum Gasteiger partial charge on any atom is 0.241 e. The third kappa shape index (κ3) is 2.59. The number of fused-ring (bicyclic) bond motifs is 1. The summed E-state index contributed by atoms with van der Waals surface area (Å²) in [5.41, 5.74) is -0.367. The Morgan fingerprint density at radius 2 is 2.00 bits per heavy atom. The van der Waals surface area contributed by atoms with Crippen molar-refractivity contribution in [3.8, 4) is 0 Å². The first-order chi connectivity index (χ1) is 12.0. The number of nitrogens with zero attached hydrogens (tertiary/aromatic N) is 1. The Hall–Kier alpha value is -0.880. The number of carbonyl (C=O) groups is 1. The highest BCUT2D eigenvalue weighted by atomic mass is 32.2. The van der Waals surface area contributed by atoms with Gasteiger partial charge in [0.2, 0.25) is 15.9 Å². The van der Waals surface area contributed by atoms with E-state index in [1.165, 1.54) is 4.31 Å². The molecule has 0 unspecified atom stereocenters. The standard InChI is InChI=1S/C20H33NO4S/c1-6-7-8-13(2)17(22)14(3)18(23)21-16-11-15-9-10-20(16,19(15,4)5)12-26(21,24)25/h6-7,13-17,22H,8-12H2,1-5H3/b7-6+/t13-,14+,15-,16-,17+,20-/m0/s1. The zero-order valence-corrected chi connectivity index (χ0v) is 17.4. The topological polar surface area (TPSA) is 74.7 Å². The van der Waals surface area contributed by atoms with E-state index < -0.39 is 28.0 Å². The monoisotopic (exact) mass is 383 g/mol. The van der Waals surface area contributed by atoms with Gasteiger partial charge < -0.3 is 5.11 Å². The van der Waals surface area contributed by atoms with Crippen LogP contribution in [0.1, 0.15) is 60.3 Å². The molecule has 2 saturated carbocycles. The van der Waals surface area contributed by atoms with Gasteiger partial charge in [0.25, 0.3) is 0 Å². The van der Waals surface area contributed by atoms with Gasteiger partial charge in [0.15, 0.2) is 0 Å². The lowest BCUT2D eigenvalue weighted by Crippen LogP contribution is -2.48. The summed E-state index contributed by atoms with van der Waals surface area (Å²) in [5, 5.41) is 10.6. The number of aliphatic hydroxyl groups excluding tert-OH is 1. The highest BCUT2D eigenvalue weighted by Crippen LogP contribution is 2.70. The molecule has 1 N–H and O–H groups in total. The highest BCUT2D eigenvalue weighted by Gasteiger charge is 2.72. The van der Waals surface area contributed by atoms with Crippen LogP contribution in [0.25, 0.3) is 0 Å². The van der Waals surface area contributed by atoms with E-state index in [0.29, 0.717) is 12.3 Å². The lowest BCUT2D eigenvalue weighted by molar-refractivity contribution is -0.137. The average Bonchev–Trinajstić information content (AvgIpc) is 3.05. The SMILES string of the molecule is C/C=C/C[C@H](C)[C@@H](O)[C@@H](C)C(=O)N1[C@H]2C[C@@H]3CC[C@@]2(CS1(=O)=O)C3(C)C. The molecule has 3 fully saturated rings. The van der Waals surface area contributed by atoms with Crippen LogP contribution in [0.4, 0.5) is 0 Å². The van der Waals surface area contributed by atoms with Gasteiger partial charge in [0, 0.05) is 5.41 Å². The summed E-state index contributed by atoms with van der Waals surface area (Å²) in [6, 6.07) is -0.228. The van der Waals surface area contributed by atoms with Gasteiger partial charge in [0.05, 0.1) is 23.8 Å².